The SMILES string of the molecule is CCc1cc(CCC(CO)CO)ccc1-c1ccc(-c2ccccc2)cc1. The van der Waals surface area contributed by atoms with E-state index in [1.807, 2.05) is 6.07 Å². The molecule has 0 saturated carbocycles. The standard InChI is InChI=1S/C25H28O2/c1-2-21-16-19(8-9-20(17-26)18-27)10-15-25(21)24-13-11-23(12-14-24)22-6-4-3-5-7-22/h3-7,10-16,20,26-27H,2,8-9,17-18H2,1H3. The van der Waals surface area contributed by atoms with Crippen LogP contribution in [0, 0.1) is 5.92 Å². The molecule has 0 bridgehead atoms. The van der Waals surface area contributed by atoms with Gasteiger partial charge in [-0.2, -0.15) is 0 Å². The van der Waals surface area contributed by atoms with Crippen molar-refractivity contribution in [2.45, 2.75) is 26.2 Å². The second-order valence-corrected chi connectivity index (χ2v) is 7.06. The molecule has 140 valence electrons. The Morgan fingerprint density at radius 3 is 2.00 bits per heavy atom. The van der Waals surface area contributed by atoms with Crippen molar-refractivity contribution < 1.29 is 10.2 Å². The molecule has 0 heterocycles. The molecule has 3 aromatic rings. The summed E-state index contributed by atoms with van der Waals surface area (Å²) in [6.45, 7) is 2.27. The van der Waals surface area contributed by atoms with E-state index in [1.165, 1.54) is 33.4 Å². The number of aryl methyl sites for hydroxylation is 2. The van der Waals surface area contributed by atoms with Crippen LogP contribution in [-0.4, -0.2) is 23.4 Å². The van der Waals surface area contributed by atoms with Crippen molar-refractivity contribution in [3.8, 4) is 22.3 Å². The number of hydrogen-bond acceptors (Lipinski definition) is 2. The van der Waals surface area contributed by atoms with Crippen molar-refractivity contribution in [3.05, 3.63) is 83.9 Å². The van der Waals surface area contributed by atoms with Crippen LogP contribution in [0.25, 0.3) is 22.3 Å². The number of hydrogen-bond donors (Lipinski definition) is 2. The van der Waals surface area contributed by atoms with Crippen molar-refractivity contribution in [1.82, 2.24) is 0 Å². The quantitative estimate of drug-likeness (QED) is 0.585. The van der Waals surface area contributed by atoms with Crippen LogP contribution in [0.1, 0.15) is 24.5 Å². The highest BCUT2D eigenvalue weighted by Crippen LogP contribution is 2.29. The Balaban J connectivity index is 1.80. The van der Waals surface area contributed by atoms with Gasteiger partial charge in [0.1, 0.15) is 0 Å². The lowest BCUT2D eigenvalue weighted by molar-refractivity contribution is 0.144. The van der Waals surface area contributed by atoms with Gasteiger partial charge in [-0.15, -0.1) is 0 Å². The van der Waals surface area contributed by atoms with E-state index in [1.54, 1.807) is 0 Å². The molecule has 0 atom stereocenters. The number of rotatable bonds is 8. The normalized spacial score (nSPS) is 11.1. The van der Waals surface area contributed by atoms with Gasteiger partial charge in [-0.1, -0.05) is 79.7 Å². The Bertz CT molecular complexity index is 834. The van der Waals surface area contributed by atoms with Gasteiger partial charge < -0.3 is 10.2 Å². The van der Waals surface area contributed by atoms with Gasteiger partial charge in [0.15, 0.2) is 0 Å². The van der Waals surface area contributed by atoms with Crippen molar-refractivity contribution in [2.24, 2.45) is 5.92 Å². The molecule has 27 heavy (non-hydrogen) atoms. The topological polar surface area (TPSA) is 40.5 Å². The summed E-state index contributed by atoms with van der Waals surface area (Å²) in [6, 6.07) is 25.8. The second-order valence-electron chi connectivity index (χ2n) is 7.06. The van der Waals surface area contributed by atoms with E-state index in [9.17, 15) is 10.2 Å². The molecule has 0 fully saturated rings. The molecule has 3 aromatic carbocycles. The van der Waals surface area contributed by atoms with Gasteiger partial charge >= 0.3 is 0 Å². The third-order valence-electron chi connectivity index (χ3n) is 5.21. The van der Waals surface area contributed by atoms with Crippen LogP contribution >= 0.6 is 0 Å². The zero-order valence-corrected chi connectivity index (χ0v) is 15.9. The lowest BCUT2D eigenvalue weighted by Gasteiger charge is -2.14. The highest BCUT2D eigenvalue weighted by atomic mass is 16.3. The lowest BCUT2D eigenvalue weighted by atomic mass is 9.92. The zero-order chi connectivity index (χ0) is 19.1. The number of aliphatic hydroxyl groups is 2. The monoisotopic (exact) mass is 360 g/mol. The minimum atomic E-state index is -0.0275. The van der Waals surface area contributed by atoms with Crippen molar-refractivity contribution in [3.63, 3.8) is 0 Å². The predicted octanol–water partition coefficient (Wildman–Crippen LogP) is 5.12. The van der Waals surface area contributed by atoms with Crippen molar-refractivity contribution in [2.75, 3.05) is 13.2 Å². The van der Waals surface area contributed by atoms with Crippen LogP contribution in [0.4, 0.5) is 0 Å². The first kappa shape index (κ1) is 19.3. The summed E-state index contributed by atoms with van der Waals surface area (Å²) in [5, 5.41) is 18.5. The fourth-order valence-corrected chi connectivity index (χ4v) is 3.46. The summed E-state index contributed by atoms with van der Waals surface area (Å²) in [4.78, 5) is 0. The molecular weight excluding hydrogens is 332 g/mol. The Hall–Kier alpha value is -2.42. The molecule has 0 amide bonds. The van der Waals surface area contributed by atoms with E-state index in [4.69, 9.17) is 0 Å². The molecule has 0 aliphatic heterocycles. The first-order valence-electron chi connectivity index (χ1n) is 9.74. The van der Waals surface area contributed by atoms with Crippen LogP contribution in [-0.2, 0) is 12.8 Å². The summed E-state index contributed by atoms with van der Waals surface area (Å²) in [5.41, 5.74) is 7.59. The van der Waals surface area contributed by atoms with Gasteiger partial charge in [0.05, 0.1) is 0 Å². The highest BCUT2D eigenvalue weighted by Gasteiger charge is 2.09. The van der Waals surface area contributed by atoms with Crippen LogP contribution in [0.3, 0.4) is 0 Å². The molecule has 2 N–H and O–H groups in total. The van der Waals surface area contributed by atoms with Crippen LogP contribution in [0.2, 0.25) is 0 Å². The van der Waals surface area contributed by atoms with Crippen molar-refractivity contribution in [1.29, 1.82) is 0 Å². The second kappa shape index (κ2) is 9.50. The molecule has 0 aliphatic carbocycles. The van der Waals surface area contributed by atoms with Gasteiger partial charge in [-0.3, -0.25) is 0 Å². The molecule has 0 unspecified atom stereocenters. The van der Waals surface area contributed by atoms with E-state index in [0.717, 1.165) is 19.3 Å². The molecule has 2 nitrogen and oxygen atoms in total. The van der Waals surface area contributed by atoms with Gasteiger partial charge in [-0.05, 0) is 52.6 Å². The summed E-state index contributed by atoms with van der Waals surface area (Å²) >= 11 is 0. The Kier molecular flexibility index (Phi) is 6.80. The largest absolute Gasteiger partial charge is 0.396 e. The minimum absolute atomic E-state index is 0.0275. The minimum Gasteiger partial charge on any atom is -0.396 e. The molecule has 0 radical (unpaired) electrons. The maximum absolute atomic E-state index is 9.24. The number of aliphatic hydroxyl groups excluding tert-OH is 2. The van der Waals surface area contributed by atoms with E-state index in [0.29, 0.717) is 0 Å². The Labute approximate surface area is 162 Å². The third-order valence-corrected chi connectivity index (χ3v) is 5.21. The summed E-state index contributed by atoms with van der Waals surface area (Å²) in [7, 11) is 0. The fourth-order valence-electron chi connectivity index (χ4n) is 3.46. The molecule has 0 aliphatic rings. The van der Waals surface area contributed by atoms with Gasteiger partial charge in [0, 0.05) is 19.1 Å². The molecule has 0 saturated heterocycles. The summed E-state index contributed by atoms with van der Waals surface area (Å²) < 4.78 is 0. The first-order valence-corrected chi connectivity index (χ1v) is 9.74. The van der Waals surface area contributed by atoms with Crippen LogP contribution in [0.15, 0.2) is 72.8 Å². The average Bonchev–Trinajstić information content (AvgIpc) is 2.75. The maximum Gasteiger partial charge on any atom is 0.0481 e. The molecule has 0 spiro atoms. The zero-order valence-electron chi connectivity index (χ0n) is 15.9. The smallest absolute Gasteiger partial charge is 0.0481 e. The lowest BCUT2D eigenvalue weighted by Crippen LogP contribution is -2.11. The first-order chi connectivity index (χ1) is 13.2. The number of benzene rings is 3. The molecule has 0 aromatic heterocycles. The van der Waals surface area contributed by atoms with E-state index < -0.39 is 0 Å². The Morgan fingerprint density at radius 2 is 1.37 bits per heavy atom. The van der Waals surface area contributed by atoms with E-state index >= 15 is 0 Å². The third kappa shape index (κ3) is 4.85. The van der Waals surface area contributed by atoms with Gasteiger partial charge in [0.25, 0.3) is 0 Å². The van der Waals surface area contributed by atoms with Crippen molar-refractivity contribution >= 4 is 0 Å². The summed E-state index contributed by atoms with van der Waals surface area (Å²) in [5.74, 6) is -0.0275. The van der Waals surface area contributed by atoms with E-state index in [2.05, 4.69) is 73.7 Å². The van der Waals surface area contributed by atoms with Crippen LogP contribution < -0.4 is 0 Å². The van der Waals surface area contributed by atoms with E-state index in [-0.39, 0.29) is 19.1 Å². The molecular formula is C25H28O2. The van der Waals surface area contributed by atoms with Gasteiger partial charge in [-0.25, -0.2) is 0 Å². The van der Waals surface area contributed by atoms with Crippen LogP contribution in [0.5, 0.6) is 0 Å². The summed E-state index contributed by atoms with van der Waals surface area (Å²) in [6.07, 6.45) is 2.67. The molecule has 3 rings (SSSR count). The van der Waals surface area contributed by atoms with Gasteiger partial charge in [0.2, 0.25) is 0 Å². The highest BCUT2D eigenvalue weighted by molar-refractivity contribution is 5.72. The Morgan fingerprint density at radius 1 is 0.741 bits per heavy atom. The fraction of sp³-hybridized carbons (Fsp3) is 0.280. The average molecular weight is 360 g/mol. The predicted molar refractivity (Wildman–Crippen MR) is 113 cm³/mol. The molecule has 2 heteroatoms. The maximum atomic E-state index is 9.24.